The van der Waals surface area contributed by atoms with Gasteiger partial charge in [-0.05, 0) is 43.5 Å². The van der Waals surface area contributed by atoms with Crippen LogP contribution in [0.3, 0.4) is 0 Å². The van der Waals surface area contributed by atoms with Gasteiger partial charge in [0, 0.05) is 6.04 Å². The van der Waals surface area contributed by atoms with Gasteiger partial charge >= 0.3 is 5.97 Å². The van der Waals surface area contributed by atoms with Crippen LogP contribution < -0.4 is 5.32 Å². The summed E-state index contributed by atoms with van der Waals surface area (Å²) in [5.41, 5.74) is 2.04. The number of hydrogen-bond acceptors (Lipinski definition) is 4. The molecule has 0 bridgehead atoms. The average molecular weight is 279 g/mol. The van der Waals surface area contributed by atoms with Gasteiger partial charge in [-0.25, -0.2) is 0 Å². The van der Waals surface area contributed by atoms with E-state index in [0.29, 0.717) is 6.42 Å². The Balaban J connectivity index is 2.87. The van der Waals surface area contributed by atoms with Crippen LogP contribution in [0.4, 0.5) is 0 Å². The molecule has 112 valence electrons. The topological polar surface area (TPSA) is 47.6 Å². The van der Waals surface area contributed by atoms with Gasteiger partial charge in [0.1, 0.15) is 5.76 Å². The highest BCUT2D eigenvalue weighted by atomic mass is 16.5. The zero-order valence-electron chi connectivity index (χ0n) is 12.7. The first-order chi connectivity index (χ1) is 9.62. The Kier molecular flexibility index (Phi) is 7.09. The Morgan fingerprint density at radius 3 is 2.90 bits per heavy atom. The Labute approximate surface area is 121 Å². The second kappa shape index (κ2) is 8.59. The zero-order chi connectivity index (χ0) is 15.0. The van der Waals surface area contributed by atoms with Gasteiger partial charge in [-0.1, -0.05) is 19.6 Å². The van der Waals surface area contributed by atoms with Crippen molar-refractivity contribution in [3.05, 3.63) is 35.6 Å². The Morgan fingerprint density at radius 2 is 2.35 bits per heavy atom. The van der Waals surface area contributed by atoms with E-state index in [-0.39, 0.29) is 12.0 Å². The van der Waals surface area contributed by atoms with Crippen molar-refractivity contribution in [2.75, 3.05) is 20.3 Å². The first-order valence-electron chi connectivity index (χ1n) is 7.11. The normalized spacial score (nSPS) is 19.6. The molecule has 1 aliphatic heterocycles. The second-order valence-electron chi connectivity index (χ2n) is 4.74. The third-order valence-corrected chi connectivity index (χ3v) is 3.31. The van der Waals surface area contributed by atoms with Crippen molar-refractivity contribution in [1.82, 2.24) is 5.32 Å². The maximum Gasteiger partial charge on any atom is 0.307 e. The predicted molar refractivity (Wildman–Crippen MR) is 80.3 cm³/mol. The summed E-state index contributed by atoms with van der Waals surface area (Å²) in [5.74, 6) is 0.606. The van der Waals surface area contributed by atoms with Crippen LogP contribution in [-0.4, -0.2) is 32.3 Å². The van der Waals surface area contributed by atoms with Crippen molar-refractivity contribution in [1.29, 1.82) is 0 Å². The number of ether oxygens (including phenoxy) is 2. The van der Waals surface area contributed by atoms with Crippen LogP contribution in [0.15, 0.2) is 35.6 Å². The van der Waals surface area contributed by atoms with Gasteiger partial charge in [0.25, 0.3) is 0 Å². The van der Waals surface area contributed by atoms with Crippen LogP contribution in [0.5, 0.6) is 0 Å². The predicted octanol–water partition coefficient (Wildman–Crippen LogP) is 2.72. The van der Waals surface area contributed by atoms with E-state index in [1.54, 1.807) is 0 Å². The van der Waals surface area contributed by atoms with Gasteiger partial charge in [0.2, 0.25) is 0 Å². The van der Waals surface area contributed by atoms with Crippen LogP contribution in [0.1, 0.15) is 33.1 Å². The van der Waals surface area contributed by atoms with E-state index in [1.807, 2.05) is 26.0 Å². The number of methoxy groups -OCH3 is 1. The maximum absolute atomic E-state index is 11.5. The van der Waals surface area contributed by atoms with Crippen molar-refractivity contribution in [2.45, 2.75) is 39.2 Å². The minimum atomic E-state index is -0.225. The molecule has 0 aromatic heterocycles. The number of carbonyl (C=O) groups is 1. The molecule has 1 rings (SSSR count). The van der Waals surface area contributed by atoms with Crippen molar-refractivity contribution in [3.63, 3.8) is 0 Å². The number of allylic oxidation sites excluding steroid dienone is 2. The fraction of sp³-hybridized carbons (Fsp3) is 0.562. The number of rotatable bonds is 6. The lowest BCUT2D eigenvalue weighted by Crippen LogP contribution is -2.33. The molecule has 20 heavy (non-hydrogen) atoms. The van der Waals surface area contributed by atoms with Gasteiger partial charge < -0.3 is 14.8 Å². The van der Waals surface area contributed by atoms with Gasteiger partial charge in [-0.15, -0.1) is 0 Å². The molecule has 0 radical (unpaired) electrons. The highest BCUT2D eigenvalue weighted by molar-refractivity contribution is 5.70. The largest absolute Gasteiger partial charge is 0.493 e. The molecule has 0 spiro atoms. The summed E-state index contributed by atoms with van der Waals surface area (Å²) in [6, 6.07) is -0.0664. The SMILES string of the molecule is C=C1CCCOC1=CC(=CC)C(CC(=O)OC)NCC. The fourth-order valence-corrected chi connectivity index (χ4v) is 2.18. The maximum atomic E-state index is 11.5. The molecule has 0 aromatic rings. The third kappa shape index (κ3) is 4.85. The summed E-state index contributed by atoms with van der Waals surface area (Å²) in [7, 11) is 1.41. The number of carbonyl (C=O) groups excluding carboxylic acids is 1. The van der Waals surface area contributed by atoms with Crippen molar-refractivity contribution in [2.24, 2.45) is 0 Å². The van der Waals surface area contributed by atoms with E-state index in [0.717, 1.165) is 42.9 Å². The molecule has 4 nitrogen and oxygen atoms in total. The molecule has 1 unspecified atom stereocenters. The zero-order valence-corrected chi connectivity index (χ0v) is 12.7. The number of nitrogens with one attached hydrogen (secondary N) is 1. The minimum Gasteiger partial charge on any atom is -0.493 e. The van der Waals surface area contributed by atoms with E-state index in [1.165, 1.54) is 7.11 Å². The molecule has 0 aliphatic carbocycles. The molecule has 1 N–H and O–H groups in total. The summed E-state index contributed by atoms with van der Waals surface area (Å²) in [6.07, 6.45) is 6.26. The molecule has 1 heterocycles. The van der Waals surface area contributed by atoms with Gasteiger partial charge in [0.15, 0.2) is 0 Å². The molecule has 1 fully saturated rings. The van der Waals surface area contributed by atoms with E-state index in [9.17, 15) is 4.79 Å². The molecule has 0 saturated carbocycles. The molecule has 1 atom stereocenters. The highest BCUT2D eigenvalue weighted by Crippen LogP contribution is 2.24. The second-order valence-corrected chi connectivity index (χ2v) is 4.74. The van der Waals surface area contributed by atoms with Crippen LogP contribution in [0, 0.1) is 0 Å². The van der Waals surface area contributed by atoms with Crippen LogP contribution in [0.2, 0.25) is 0 Å². The van der Waals surface area contributed by atoms with E-state index < -0.39 is 0 Å². The smallest absolute Gasteiger partial charge is 0.307 e. The first-order valence-corrected chi connectivity index (χ1v) is 7.11. The molecule has 1 aliphatic rings. The van der Waals surface area contributed by atoms with E-state index >= 15 is 0 Å². The number of hydrogen-bond donors (Lipinski definition) is 1. The molecular formula is C16H25NO3. The van der Waals surface area contributed by atoms with Crippen molar-refractivity contribution in [3.8, 4) is 0 Å². The van der Waals surface area contributed by atoms with Crippen molar-refractivity contribution < 1.29 is 14.3 Å². The Morgan fingerprint density at radius 1 is 1.60 bits per heavy atom. The van der Waals surface area contributed by atoms with Crippen LogP contribution >= 0.6 is 0 Å². The quantitative estimate of drug-likeness (QED) is 0.759. The summed E-state index contributed by atoms with van der Waals surface area (Å²) < 4.78 is 10.4. The number of likely N-dealkylation sites (N-methyl/N-ethyl adjacent to an activating group) is 1. The minimum absolute atomic E-state index is 0.0664. The van der Waals surface area contributed by atoms with Gasteiger partial charge in [0.05, 0.1) is 20.1 Å². The van der Waals surface area contributed by atoms with Crippen LogP contribution in [0.25, 0.3) is 0 Å². The summed E-state index contributed by atoms with van der Waals surface area (Å²) >= 11 is 0. The Hall–Kier alpha value is -1.55. The monoisotopic (exact) mass is 279 g/mol. The molecule has 0 aromatic carbocycles. The first kappa shape index (κ1) is 16.5. The van der Waals surface area contributed by atoms with E-state index in [2.05, 4.69) is 11.9 Å². The summed E-state index contributed by atoms with van der Waals surface area (Å²) in [6.45, 7) is 9.51. The third-order valence-electron chi connectivity index (χ3n) is 3.31. The number of esters is 1. The molecule has 0 amide bonds. The van der Waals surface area contributed by atoms with E-state index in [4.69, 9.17) is 9.47 Å². The molecule has 4 heteroatoms. The van der Waals surface area contributed by atoms with Crippen LogP contribution in [-0.2, 0) is 14.3 Å². The van der Waals surface area contributed by atoms with Gasteiger partial charge in [-0.3, -0.25) is 4.79 Å². The summed E-state index contributed by atoms with van der Waals surface area (Å²) in [4.78, 5) is 11.5. The fourth-order valence-electron chi connectivity index (χ4n) is 2.18. The highest BCUT2D eigenvalue weighted by Gasteiger charge is 2.18. The van der Waals surface area contributed by atoms with Crippen molar-refractivity contribution >= 4 is 5.97 Å². The molecule has 1 saturated heterocycles. The summed E-state index contributed by atoms with van der Waals surface area (Å²) in [5, 5.41) is 3.30. The lowest BCUT2D eigenvalue weighted by atomic mass is 9.99. The van der Waals surface area contributed by atoms with Gasteiger partial charge in [-0.2, -0.15) is 0 Å². The lowest BCUT2D eigenvalue weighted by molar-refractivity contribution is -0.140. The standard InChI is InChI=1S/C16H25NO3/c1-5-13(10-15-12(3)8-7-9-20-15)14(17-6-2)11-16(18)19-4/h5,10,14,17H,3,6-9,11H2,1-2,4H3. The molecular weight excluding hydrogens is 254 g/mol. The lowest BCUT2D eigenvalue weighted by Gasteiger charge is -2.22. The average Bonchev–Trinajstić information content (AvgIpc) is 2.46. The Bertz CT molecular complexity index is 410.